The van der Waals surface area contributed by atoms with Crippen LogP contribution in [0.5, 0.6) is 17.2 Å². The Bertz CT molecular complexity index is 818. The molecule has 7 nitrogen and oxygen atoms in total. The molecule has 0 saturated heterocycles. The maximum Gasteiger partial charge on any atom is 0.331 e. The molecule has 1 N–H and O–H groups in total. The molecule has 7 heteroatoms. The molecular weight excluding hydrogens is 350 g/mol. The van der Waals surface area contributed by atoms with Gasteiger partial charge in [0.05, 0.1) is 6.54 Å². The minimum Gasteiger partial charge on any atom is -0.492 e. The first kappa shape index (κ1) is 18.3. The van der Waals surface area contributed by atoms with Crippen LogP contribution in [0.25, 0.3) is 6.08 Å². The number of ether oxygens (including phenoxy) is 4. The Balaban J connectivity index is 1.33. The Kier molecular flexibility index (Phi) is 6.30. The van der Waals surface area contributed by atoms with Crippen molar-refractivity contribution in [1.82, 2.24) is 5.32 Å². The summed E-state index contributed by atoms with van der Waals surface area (Å²) in [5.74, 6) is 1.02. The molecule has 0 unspecified atom stereocenters. The lowest BCUT2D eigenvalue weighted by atomic mass is 10.2. The van der Waals surface area contributed by atoms with Gasteiger partial charge in [-0.05, 0) is 35.9 Å². The van der Waals surface area contributed by atoms with Gasteiger partial charge in [0.1, 0.15) is 12.4 Å². The van der Waals surface area contributed by atoms with Gasteiger partial charge in [-0.1, -0.05) is 24.3 Å². The molecule has 0 atom stereocenters. The lowest BCUT2D eigenvalue weighted by molar-refractivity contribution is -0.143. The van der Waals surface area contributed by atoms with Crippen LogP contribution in [0.1, 0.15) is 5.56 Å². The fourth-order valence-corrected chi connectivity index (χ4v) is 2.29. The highest BCUT2D eigenvalue weighted by Gasteiger charge is 2.12. The summed E-state index contributed by atoms with van der Waals surface area (Å²) in [5, 5.41) is 2.61. The van der Waals surface area contributed by atoms with E-state index in [1.54, 1.807) is 24.3 Å². The molecule has 1 aliphatic rings. The second kappa shape index (κ2) is 9.28. The Morgan fingerprint density at radius 3 is 2.74 bits per heavy atom. The molecule has 2 aromatic carbocycles. The Hall–Kier alpha value is -3.48. The highest BCUT2D eigenvalue weighted by Crippen LogP contribution is 2.32. The maximum atomic E-state index is 11.7. The van der Waals surface area contributed by atoms with Crippen LogP contribution in [0.3, 0.4) is 0 Å². The van der Waals surface area contributed by atoms with Crippen molar-refractivity contribution in [3.63, 3.8) is 0 Å². The molecule has 1 heterocycles. The number of rotatable bonds is 8. The molecule has 2 aromatic rings. The zero-order valence-corrected chi connectivity index (χ0v) is 14.6. The third kappa shape index (κ3) is 5.78. The van der Waals surface area contributed by atoms with Gasteiger partial charge in [-0.3, -0.25) is 4.79 Å². The number of carbonyl (C=O) groups is 2. The number of esters is 1. The van der Waals surface area contributed by atoms with Crippen molar-refractivity contribution in [2.75, 3.05) is 26.6 Å². The monoisotopic (exact) mass is 369 g/mol. The minimum absolute atomic E-state index is 0.191. The van der Waals surface area contributed by atoms with E-state index in [9.17, 15) is 9.59 Å². The normalized spacial score (nSPS) is 12.0. The molecule has 3 rings (SSSR count). The summed E-state index contributed by atoms with van der Waals surface area (Å²) < 4.78 is 20.8. The van der Waals surface area contributed by atoms with E-state index in [-0.39, 0.29) is 13.4 Å². The van der Waals surface area contributed by atoms with Crippen molar-refractivity contribution in [3.8, 4) is 17.2 Å². The van der Waals surface area contributed by atoms with E-state index in [2.05, 4.69) is 5.32 Å². The SMILES string of the molecule is O=C(COC(=O)/C=C/c1ccc2c(c1)OCO2)NCCOc1ccccc1. The van der Waals surface area contributed by atoms with Crippen LogP contribution < -0.4 is 19.5 Å². The number of para-hydroxylation sites is 1. The minimum atomic E-state index is -0.608. The van der Waals surface area contributed by atoms with E-state index in [4.69, 9.17) is 18.9 Å². The molecule has 27 heavy (non-hydrogen) atoms. The van der Waals surface area contributed by atoms with Crippen molar-refractivity contribution in [1.29, 1.82) is 0 Å². The topological polar surface area (TPSA) is 83.1 Å². The van der Waals surface area contributed by atoms with Crippen molar-refractivity contribution >= 4 is 18.0 Å². The average Bonchev–Trinajstić information content (AvgIpc) is 3.17. The molecule has 0 aliphatic carbocycles. The molecule has 0 radical (unpaired) electrons. The van der Waals surface area contributed by atoms with Gasteiger partial charge in [0, 0.05) is 6.08 Å². The Labute approximate surface area is 156 Å². The fourth-order valence-electron chi connectivity index (χ4n) is 2.29. The maximum absolute atomic E-state index is 11.7. The van der Waals surface area contributed by atoms with Crippen LogP contribution in [0.2, 0.25) is 0 Å². The molecule has 0 fully saturated rings. The highest BCUT2D eigenvalue weighted by atomic mass is 16.7. The first-order valence-electron chi connectivity index (χ1n) is 8.40. The fraction of sp³-hybridized carbons (Fsp3) is 0.200. The van der Waals surface area contributed by atoms with E-state index in [1.165, 1.54) is 6.08 Å². The van der Waals surface area contributed by atoms with Crippen molar-refractivity contribution in [3.05, 3.63) is 60.2 Å². The molecule has 0 spiro atoms. The summed E-state index contributed by atoms with van der Waals surface area (Å²) >= 11 is 0. The molecule has 1 amide bonds. The van der Waals surface area contributed by atoms with Gasteiger partial charge in [0.2, 0.25) is 6.79 Å². The van der Waals surface area contributed by atoms with E-state index < -0.39 is 11.9 Å². The summed E-state index contributed by atoms with van der Waals surface area (Å²) in [7, 11) is 0. The Morgan fingerprint density at radius 1 is 1.07 bits per heavy atom. The first-order valence-corrected chi connectivity index (χ1v) is 8.40. The number of nitrogens with one attached hydrogen (secondary N) is 1. The number of hydrogen-bond donors (Lipinski definition) is 1. The third-order valence-electron chi connectivity index (χ3n) is 3.59. The van der Waals surface area contributed by atoms with Crippen LogP contribution in [0.15, 0.2) is 54.6 Å². The van der Waals surface area contributed by atoms with Crippen LogP contribution in [-0.2, 0) is 14.3 Å². The highest BCUT2D eigenvalue weighted by molar-refractivity contribution is 5.89. The molecule has 0 aromatic heterocycles. The van der Waals surface area contributed by atoms with Gasteiger partial charge in [0.15, 0.2) is 18.1 Å². The Morgan fingerprint density at radius 2 is 1.89 bits per heavy atom. The number of carbonyl (C=O) groups excluding carboxylic acids is 2. The van der Waals surface area contributed by atoms with Crippen LogP contribution >= 0.6 is 0 Å². The van der Waals surface area contributed by atoms with Gasteiger partial charge < -0.3 is 24.3 Å². The van der Waals surface area contributed by atoms with E-state index in [1.807, 2.05) is 30.3 Å². The van der Waals surface area contributed by atoms with Crippen LogP contribution in [-0.4, -0.2) is 38.4 Å². The van der Waals surface area contributed by atoms with Crippen LogP contribution in [0, 0.1) is 0 Å². The summed E-state index contributed by atoms with van der Waals surface area (Å²) in [4.78, 5) is 23.4. The van der Waals surface area contributed by atoms with Crippen molar-refractivity contribution < 1.29 is 28.5 Å². The lowest BCUT2D eigenvalue weighted by Gasteiger charge is -2.07. The predicted octanol–water partition coefficient (Wildman–Crippen LogP) is 2.17. The molecule has 1 aliphatic heterocycles. The summed E-state index contributed by atoms with van der Waals surface area (Å²) in [6.07, 6.45) is 2.83. The van der Waals surface area contributed by atoms with Gasteiger partial charge in [-0.2, -0.15) is 0 Å². The second-order valence-corrected chi connectivity index (χ2v) is 5.57. The van der Waals surface area contributed by atoms with E-state index in [0.29, 0.717) is 24.7 Å². The number of hydrogen-bond acceptors (Lipinski definition) is 6. The van der Waals surface area contributed by atoms with Gasteiger partial charge >= 0.3 is 5.97 Å². The number of benzene rings is 2. The van der Waals surface area contributed by atoms with Gasteiger partial charge in [-0.15, -0.1) is 0 Å². The number of amides is 1. The lowest BCUT2D eigenvalue weighted by Crippen LogP contribution is -2.31. The summed E-state index contributed by atoms with van der Waals surface area (Å²) in [6, 6.07) is 14.6. The summed E-state index contributed by atoms with van der Waals surface area (Å²) in [6.45, 7) is 0.484. The zero-order valence-electron chi connectivity index (χ0n) is 14.6. The predicted molar refractivity (Wildman–Crippen MR) is 97.5 cm³/mol. The number of fused-ring (bicyclic) bond motifs is 1. The zero-order chi connectivity index (χ0) is 18.9. The summed E-state index contributed by atoms with van der Waals surface area (Å²) in [5.41, 5.74) is 0.763. The second-order valence-electron chi connectivity index (χ2n) is 5.57. The van der Waals surface area contributed by atoms with E-state index >= 15 is 0 Å². The quantitative estimate of drug-likeness (QED) is 0.436. The first-order chi connectivity index (χ1) is 13.2. The smallest absolute Gasteiger partial charge is 0.331 e. The molecular formula is C20H19NO6. The molecule has 0 bridgehead atoms. The van der Waals surface area contributed by atoms with Crippen molar-refractivity contribution in [2.24, 2.45) is 0 Å². The average molecular weight is 369 g/mol. The standard InChI is InChI=1S/C20H19NO6/c22-19(21-10-11-24-16-4-2-1-3-5-16)13-25-20(23)9-7-15-6-8-17-18(12-15)27-14-26-17/h1-9,12H,10-11,13-14H2,(H,21,22)/b9-7+. The van der Waals surface area contributed by atoms with E-state index in [0.717, 1.165) is 11.3 Å². The largest absolute Gasteiger partial charge is 0.492 e. The van der Waals surface area contributed by atoms with Gasteiger partial charge in [0.25, 0.3) is 5.91 Å². The van der Waals surface area contributed by atoms with Crippen LogP contribution in [0.4, 0.5) is 0 Å². The van der Waals surface area contributed by atoms with Crippen molar-refractivity contribution in [2.45, 2.75) is 0 Å². The molecule has 0 saturated carbocycles. The molecule has 140 valence electrons. The third-order valence-corrected chi connectivity index (χ3v) is 3.59. The van der Waals surface area contributed by atoms with Gasteiger partial charge in [-0.25, -0.2) is 4.79 Å².